The van der Waals surface area contributed by atoms with Gasteiger partial charge in [-0.15, -0.1) is 0 Å². The number of nitrogens with one attached hydrogen (secondary N) is 1. The molecule has 4 heteroatoms. The Kier molecular flexibility index (Phi) is 4.99. The predicted octanol–water partition coefficient (Wildman–Crippen LogP) is 0.541. The number of hydrogen-bond donors (Lipinski definition) is 2. The molecule has 0 saturated carbocycles. The van der Waals surface area contributed by atoms with E-state index in [2.05, 4.69) is 19.2 Å². The molecule has 1 saturated heterocycles. The van der Waals surface area contributed by atoms with Crippen LogP contribution in [0.3, 0.4) is 0 Å². The van der Waals surface area contributed by atoms with E-state index in [0.717, 1.165) is 13.0 Å². The minimum Gasteiger partial charge on any atom is -0.389 e. The van der Waals surface area contributed by atoms with E-state index in [4.69, 9.17) is 9.47 Å². The van der Waals surface area contributed by atoms with Gasteiger partial charge in [0.1, 0.15) is 0 Å². The van der Waals surface area contributed by atoms with E-state index in [9.17, 15) is 5.11 Å². The molecular weight excluding hydrogens is 194 g/mol. The Balaban J connectivity index is 2.23. The fourth-order valence-corrected chi connectivity index (χ4v) is 1.73. The van der Waals surface area contributed by atoms with Gasteiger partial charge in [0.25, 0.3) is 0 Å². The highest BCUT2D eigenvalue weighted by atomic mass is 16.5. The van der Waals surface area contributed by atoms with E-state index >= 15 is 0 Å². The topological polar surface area (TPSA) is 50.7 Å². The molecule has 1 aliphatic heterocycles. The normalized spacial score (nSPS) is 33.2. The summed E-state index contributed by atoms with van der Waals surface area (Å²) in [5.41, 5.74) is -0.00675. The first-order chi connectivity index (χ1) is 7.08. The molecule has 3 unspecified atom stereocenters. The lowest BCUT2D eigenvalue weighted by Gasteiger charge is -2.30. The first-order valence-corrected chi connectivity index (χ1v) is 5.71. The Morgan fingerprint density at radius 3 is 2.93 bits per heavy atom. The number of hydrogen-bond acceptors (Lipinski definition) is 4. The van der Waals surface area contributed by atoms with Gasteiger partial charge < -0.3 is 19.9 Å². The van der Waals surface area contributed by atoms with E-state index in [1.165, 1.54) is 0 Å². The standard InChI is InChI=1S/C11H23NO3/c1-4-14-8-10(13)7-12-11(3)5-6-15-9(11)2/h9-10,12-13H,4-8H2,1-3H3. The van der Waals surface area contributed by atoms with Gasteiger partial charge in [0.15, 0.2) is 0 Å². The smallest absolute Gasteiger partial charge is 0.0897 e. The van der Waals surface area contributed by atoms with Crippen LogP contribution in [0.4, 0.5) is 0 Å². The zero-order chi connectivity index (χ0) is 11.3. The monoisotopic (exact) mass is 217 g/mol. The van der Waals surface area contributed by atoms with Gasteiger partial charge in [0.2, 0.25) is 0 Å². The van der Waals surface area contributed by atoms with Gasteiger partial charge in [-0.2, -0.15) is 0 Å². The Morgan fingerprint density at radius 2 is 2.40 bits per heavy atom. The maximum Gasteiger partial charge on any atom is 0.0897 e. The van der Waals surface area contributed by atoms with Crippen molar-refractivity contribution in [3.05, 3.63) is 0 Å². The predicted molar refractivity (Wildman–Crippen MR) is 58.9 cm³/mol. The molecule has 0 aromatic carbocycles. The van der Waals surface area contributed by atoms with Crippen molar-refractivity contribution in [3.63, 3.8) is 0 Å². The van der Waals surface area contributed by atoms with Crippen LogP contribution < -0.4 is 5.32 Å². The Morgan fingerprint density at radius 1 is 1.67 bits per heavy atom. The summed E-state index contributed by atoms with van der Waals surface area (Å²) < 4.78 is 10.7. The minimum atomic E-state index is -0.436. The SMILES string of the molecule is CCOCC(O)CNC1(C)CCOC1C. The summed E-state index contributed by atoms with van der Waals surface area (Å²) in [6, 6.07) is 0. The molecule has 0 radical (unpaired) electrons. The molecular formula is C11H23NO3. The lowest BCUT2D eigenvalue weighted by Crippen LogP contribution is -2.50. The molecule has 1 rings (SSSR count). The highest BCUT2D eigenvalue weighted by molar-refractivity contribution is 4.93. The first kappa shape index (κ1) is 12.9. The van der Waals surface area contributed by atoms with Crippen molar-refractivity contribution in [2.75, 3.05) is 26.4 Å². The fraction of sp³-hybridized carbons (Fsp3) is 1.00. The lowest BCUT2D eigenvalue weighted by atomic mass is 9.94. The van der Waals surface area contributed by atoms with Crippen molar-refractivity contribution in [2.24, 2.45) is 0 Å². The molecule has 0 aromatic heterocycles. The summed E-state index contributed by atoms with van der Waals surface area (Å²) in [5, 5.41) is 13.0. The van der Waals surface area contributed by atoms with Crippen molar-refractivity contribution in [3.8, 4) is 0 Å². The second-order valence-electron chi connectivity index (χ2n) is 4.37. The Bertz CT molecular complexity index is 189. The Labute approximate surface area is 92.0 Å². The van der Waals surface area contributed by atoms with Gasteiger partial charge in [0, 0.05) is 25.3 Å². The summed E-state index contributed by atoms with van der Waals surface area (Å²) in [4.78, 5) is 0. The zero-order valence-corrected chi connectivity index (χ0v) is 9.95. The molecule has 90 valence electrons. The van der Waals surface area contributed by atoms with Crippen molar-refractivity contribution in [1.29, 1.82) is 0 Å². The number of rotatable bonds is 6. The maximum atomic E-state index is 9.61. The number of aliphatic hydroxyl groups excluding tert-OH is 1. The van der Waals surface area contributed by atoms with E-state index in [1.54, 1.807) is 0 Å². The van der Waals surface area contributed by atoms with Gasteiger partial charge in [0.05, 0.1) is 18.8 Å². The van der Waals surface area contributed by atoms with Crippen LogP contribution in [0.1, 0.15) is 27.2 Å². The Hall–Kier alpha value is -0.160. The highest BCUT2D eigenvalue weighted by Gasteiger charge is 2.36. The third-order valence-corrected chi connectivity index (χ3v) is 3.14. The molecule has 2 N–H and O–H groups in total. The fourth-order valence-electron chi connectivity index (χ4n) is 1.73. The second-order valence-corrected chi connectivity index (χ2v) is 4.37. The first-order valence-electron chi connectivity index (χ1n) is 5.71. The number of β-amino-alcohol motifs (C(OH)–C–C–N with tert-alkyl or cyclic N) is 1. The van der Waals surface area contributed by atoms with E-state index in [1.807, 2.05) is 6.92 Å². The summed E-state index contributed by atoms with van der Waals surface area (Å²) in [7, 11) is 0. The van der Waals surface area contributed by atoms with Crippen molar-refractivity contribution in [2.45, 2.75) is 44.9 Å². The summed E-state index contributed by atoms with van der Waals surface area (Å²) >= 11 is 0. The van der Waals surface area contributed by atoms with Crippen LogP contribution in [-0.2, 0) is 9.47 Å². The van der Waals surface area contributed by atoms with Gasteiger partial charge >= 0.3 is 0 Å². The summed E-state index contributed by atoms with van der Waals surface area (Å²) in [5.74, 6) is 0. The molecule has 1 heterocycles. The van der Waals surface area contributed by atoms with E-state index in [0.29, 0.717) is 19.8 Å². The molecule has 3 atom stereocenters. The van der Waals surface area contributed by atoms with Crippen LogP contribution in [0.15, 0.2) is 0 Å². The summed E-state index contributed by atoms with van der Waals surface area (Å²) in [6.07, 6.45) is 0.765. The van der Waals surface area contributed by atoms with E-state index < -0.39 is 6.10 Å². The highest BCUT2D eigenvalue weighted by Crippen LogP contribution is 2.24. The molecule has 0 aliphatic carbocycles. The van der Waals surface area contributed by atoms with Crippen LogP contribution in [0.25, 0.3) is 0 Å². The molecule has 0 amide bonds. The van der Waals surface area contributed by atoms with E-state index in [-0.39, 0.29) is 11.6 Å². The average Bonchev–Trinajstić information content (AvgIpc) is 2.54. The second kappa shape index (κ2) is 5.80. The number of ether oxygens (including phenoxy) is 2. The van der Waals surface area contributed by atoms with Crippen LogP contribution in [-0.4, -0.2) is 49.2 Å². The van der Waals surface area contributed by atoms with Crippen molar-refractivity contribution < 1.29 is 14.6 Å². The van der Waals surface area contributed by atoms with Crippen molar-refractivity contribution >= 4 is 0 Å². The van der Waals surface area contributed by atoms with Crippen LogP contribution in [0.2, 0.25) is 0 Å². The molecule has 15 heavy (non-hydrogen) atoms. The zero-order valence-electron chi connectivity index (χ0n) is 9.95. The molecule has 4 nitrogen and oxygen atoms in total. The molecule has 0 spiro atoms. The third-order valence-electron chi connectivity index (χ3n) is 3.14. The van der Waals surface area contributed by atoms with Crippen LogP contribution in [0.5, 0.6) is 0 Å². The minimum absolute atomic E-state index is 0.00675. The number of aliphatic hydroxyl groups is 1. The maximum absolute atomic E-state index is 9.61. The third kappa shape index (κ3) is 3.72. The van der Waals surface area contributed by atoms with Gasteiger partial charge in [-0.3, -0.25) is 0 Å². The quantitative estimate of drug-likeness (QED) is 0.682. The van der Waals surface area contributed by atoms with Gasteiger partial charge in [-0.05, 0) is 27.2 Å². The molecule has 0 bridgehead atoms. The van der Waals surface area contributed by atoms with Crippen LogP contribution in [0, 0.1) is 0 Å². The largest absolute Gasteiger partial charge is 0.389 e. The summed E-state index contributed by atoms with van der Waals surface area (Å²) in [6.45, 7) is 8.53. The van der Waals surface area contributed by atoms with Gasteiger partial charge in [-0.1, -0.05) is 0 Å². The average molecular weight is 217 g/mol. The van der Waals surface area contributed by atoms with Crippen LogP contribution >= 0.6 is 0 Å². The lowest BCUT2D eigenvalue weighted by molar-refractivity contribution is 0.0324. The molecule has 1 fully saturated rings. The van der Waals surface area contributed by atoms with Gasteiger partial charge in [-0.25, -0.2) is 0 Å². The molecule has 1 aliphatic rings. The molecule has 0 aromatic rings. The van der Waals surface area contributed by atoms with Crippen molar-refractivity contribution in [1.82, 2.24) is 5.32 Å².